The van der Waals surface area contributed by atoms with Crippen LogP contribution in [0.5, 0.6) is 0 Å². The third-order valence-corrected chi connectivity index (χ3v) is 4.86. The van der Waals surface area contributed by atoms with Gasteiger partial charge in [-0.1, -0.05) is 34.1 Å². The Balaban J connectivity index is 4.84. The van der Waals surface area contributed by atoms with Gasteiger partial charge in [0.15, 0.2) is 5.96 Å². The lowest BCUT2D eigenvalue weighted by molar-refractivity contribution is -0.142. The summed E-state index contributed by atoms with van der Waals surface area (Å²) in [7, 11) is 0. The third-order valence-electron chi connectivity index (χ3n) is 4.86. The standard InChI is InChI=1S/C20H39N7O5/c1-5-12(4)16(27-17(29)13(21)9-11(2)3)18(30)25-10-15(28)26-14(19(31)32)7-6-8-24-20(22)23/h11-14,16H,5-10,21H2,1-4H3,(H,25,30)(H,26,28)(H,27,29)(H,31,32)(H4,22,23,24)/t12-,13-,14-,16-/m0/s1. The molecule has 0 radical (unpaired) electrons. The van der Waals surface area contributed by atoms with Crippen LogP contribution in [0.15, 0.2) is 4.99 Å². The average Bonchev–Trinajstić information content (AvgIpc) is 2.70. The molecule has 0 aromatic carbocycles. The number of aliphatic imine (C=N–C) groups is 1. The van der Waals surface area contributed by atoms with Crippen molar-refractivity contribution in [3.63, 3.8) is 0 Å². The van der Waals surface area contributed by atoms with Gasteiger partial charge >= 0.3 is 5.97 Å². The number of nitrogens with one attached hydrogen (secondary N) is 3. The zero-order valence-corrected chi connectivity index (χ0v) is 19.4. The van der Waals surface area contributed by atoms with Crippen LogP contribution in [-0.2, 0) is 19.2 Å². The molecule has 0 heterocycles. The van der Waals surface area contributed by atoms with E-state index < -0.39 is 48.4 Å². The predicted octanol–water partition coefficient (Wildman–Crippen LogP) is -1.37. The molecule has 4 atom stereocenters. The van der Waals surface area contributed by atoms with Crippen LogP contribution in [0.4, 0.5) is 0 Å². The van der Waals surface area contributed by atoms with Crippen LogP contribution in [0.3, 0.4) is 0 Å². The average molecular weight is 458 g/mol. The first kappa shape index (κ1) is 29.1. The Hall–Kier alpha value is -2.89. The van der Waals surface area contributed by atoms with Crippen molar-refractivity contribution < 1.29 is 24.3 Å². The summed E-state index contributed by atoms with van der Waals surface area (Å²) in [4.78, 5) is 52.2. The van der Waals surface area contributed by atoms with Gasteiger partial charge in [-0.25, -0.2) is 4.79 Å². The molecule has 0 spiro atoms. The van der Waals surface area contributed by atoms with Crippen molar-refractivity contribution in [1.29, 1.82) is 0 Å². The van der Waals surface area contributed by atoms with Gasteiger partial charge in [0.25, 0.3) is 0 Å². The van der Waals surface area contributed by atoms with Crippen LogP contribution in [0.1, 0.15) is 53.4 Å². The number of nitrogens with two attached hydrogens (primary N) is 3. The van der Waals surface area contributed by atoms with Gasteiger partial charge in [0.05, 0.1) is 12.6 Å². The lowest BCUT2D eigenvalue weighted by Gasteiger charge is -2.25. The Bertz CT molecular complexity index is 665. The predicted molar refractivity (Wildman–Crippen MR) is 121 cm³/mol. The Morgan fingerprint density at radius 3 is 2.16 bits per heavy atom. The number of aliphatic carboxylic acids is 1. The quantitative estimate of drug-likeness (QED) is 0.0882. The molecule has 0 aromatic rings. The zero-order valence-electron chi connectivity index (χ0n) is 19.4. The monoisotopic (exact) mass is 457 g/mol. The van der Waals surface area contributed by atoms with E-state index in [1.165, 1.54) is 0 Å². The van der Waals surface area contributed by atoms with Crippen LogP contribution in [0, 0.1) is 11.8 Å². The summed E-state index contributed by atoms with van der Waals surface area (Å²) in [6.07, 6.45) is 1.55. The molecule has 0 saturated carbocycles. The number of hydrogen-bond acceptors (Lipinski definition) is 6. The van der Waals surface area contributed by atoms with E-state index in [9.17, 15) is 24.3 Å². The largest absolute Gasteiger partial charge is 0.480 e. The number of carbonyl (C=O) groups is 4. The Labute approximate surface area is 189 Å². The van der Waals surface area contributed by atoms with Crippen LogP contribution in [0.2, 0.25) is 0 Å². The van der Waals surface area contributed by atoms with E-state index in [2.05, 4.69) is 20.9 Å². The molecule has 12 heteroatoms. The van der Waals surface area contributed by atoms with Crippen molar-refractivity contribution in [3.8, 4) is 0 Å². The molecule has 0 saturated heterocycles. The molecule has 0 bridgehead atoms. The highest BCUT2D eigenvalue weighted by atomic mass is 16.4. The van der Waals surface area contributed by atoms with Gasteiger partial charge in [0, 0.05) is 6.54 Å². The number of carboxylic acid groups (broad SMARTS) is 1. The minimum Gasteiger partial charge on any atom is -0.480 e. The van der Waals surface area contributed by atoms with Gasteiger partial charge in [-0.15, -0.1) is 0 Å². The number of carbonyl (C=O) groups excluding carboxylic acids is 3. The molecule has 32 heavy (non-hydrogen) atoms. The molecule has 0 fully saturated rings. The van der Waals surface area contributed by atoms with E-state index in [4.69, 9.17) is 17.2 Å². The smallest absolute Gasteiger partial charge is 0.326 e. The van der Waals surface area contributed by atoms with Crippen LogP contribution in [0.25, 0.3) is 0 Å². The summed E-state index contributed by atoms with van der Waals surface area (Å²) in [6, 6.07) is -2.76. The van der Waals surface area contributed by atoms with Crippen LogP contribution >= 0.6 is 0 Å². The van der Waals surface area contributed by atoms with Crippen molar-refractivity contribution in [3.05, 3.63) is 0 Å². The second-order valence-corrected chi connectivity index (χ2v) is 8.23. The van der Waals surface area contributed by atoms with Gasteiger partial charge in [-0.05, 0) is 31.1 Å². The lowest BCUT2D eigenvalue weighted by atomic mass is 9.97. The van der Waals surface area contributed by atoms with E-state index in [1.807, 2.05) is 20.8 Å². The molecule has 10 N–H and O–H groups in total. The number of carboxylic acids is 1. The van der Waals surface area contributed by atoms with E-state index in [1.54, 1.807) is 6.92 Å². The minimum absolute atomic E-state index is 0.100. The summed E-state index contributed by atoms with van der Waals surface area (Å²) < 4.78 is 0. The van der Waals surface area contributed by atoms with Gasteiger partial charge < -0.3 is 38.3 Å². The summed E-state index contributed by atoms with van der Waals surface area (Å²) in [5.41, 5.74) is 16.3. The first-order valence-electron chi connectivity index (χ1n) is 10.8. The van der Waals surface area contributed by atoms with Crippen LogP contribution < -0.4 is 33.2 Å². The van der Waals surface area contributed by atoms with Crippen molar-refractivity contribution in [2.45, 2.75) is 71.5 Å². The molecule has 0 aliphatic carbocycles. The highest BCUT2D eigenvalue weighted by molar-refractivity contribution is 5.92. The number of guanidine groups is 1. The molecule has 0 aromatic heterocycles. The molecular formula is C20H39N7O5. The fourth-order valence-corrected chi connectivity index (χ4v) is 2.86. The molecule has 184 valence electrons. The SMILES string of the molecule is CC[C@H](C)[C@H](NC(=O)[C@@H](N)CC(C)C)C(=O)NCC(=O)N[C@@H](CCCN=C(N)N)C(=O)O. The van der Waals surface area contributed by atoms with Gasteiger partial charge in [0.1, 0.15) is 12.1 Å². The third kappa shape index (κ3) is 12.1. The number of rotatable bonds is 15. The van der Waals surface area contributed by atoms with E-state index in [0.29, 0.717) is 19.3 Å². The van der Waals surface area contributed by atoms with Gasteiger partial charge in [0.2, 0.25) is 17.7 Å². The maximum Gasteiger partial charge on any atom is 0.326 e. The van der Waals surface area contributed by atoms with Gasteiger partial charge in [-0.2, -0.15) is 0 Å². The van der Waals surface area contributed by atoms with E-state index >= 15 is 0 Å². The fourth-order valence-electron chi connectivity index (χ4n) is 2.86. The number of amides is 3. The molecule has 0 aliphatic rings. The van der Waals surface area contributed by atoms with Crippen molar-refractivity contribution in [2.24, 2.45) is 34.0 Å². The Morgan fingerprint density at radius 2 is 1.66 bits per heavy atom. The molecule has 12 nitrogen and oxygen atoms in total. The highest BCUT2D eigenvalue weighted by Crippen LogP contribution is 2.10. The summed E-state index contributed by atoms with van der Waals surface area (Å²) in [5.74, 6) is -2.93. The second-order valence-electron chi connectivity index (χ2n) is 8.23. The lowest BCUT2D eigenvalue weighted by Crippen LogP contribution is -2.55. The normalized spacial score (nSPS) is 14.6. The van der Waals surface area contributed by atoms with Crippen LogP contribution in [-0.4, -0.2) is 66.0 Å². The topological polar surface area (TPSA) is 215 Å². The zero-order chi connectivity index (χ0) is 24.8. The minimum atomic E-state index is -1.21. The maximum absolute atomic E-state index is 12.6. The Morgan fingerprint density at radius 1 is 1.03 bits per heavy atom. The van der Waals surface area contributed by atoms with Crippen molar-refractivity contribution >= 4 is 29.7 Å². The first-order chi connectivity index (χ1) is 14.9. The summed E-state index contributed by atoms with van der Waals surface area (Å²) >= 11 is 0. The van der Waals surface area contributed by atoms with Crippen molar-refractivity contribution in [2.75, 3.05) is 13.1 Å². The molecule has 0 unspecified atom stereocenters. The van der Waals surface area contributed by atoms with E-state index in [-0.39, 0.29) is 30.8 Å². The molecule has 3 amide bonds. The molecular weight excluding hydrogens is 418 g/mol. The number of nitrogens with zero attached hydrogens (tertiary/aromatic N) is 1. The molecule has 0 aliphatic heterocycles. The Kier molecular flexibility index (Phi) is 13.6. The van der Waals surface area contributed by atoms with Gasteiger partial charge in [-0.3, -0.25) is 19.4 Å². The maximum atomic E-state index is 12.6. The summed E-state index contributed by atoms with van der Waals surface area (Å²) in [5, 5.41) is 16.7. The van der Waals surface area contributed by atoms with E-state index in [0.717, 1.165) is 0 Å². The first-order valence-corrected chi connectivity index (χ1v) is 10.8. The molecule has 0 rings (SSSR count). The summed E-state index contributed by atoms with van der Waals surface area (Å²) in [6.45, 7) is 7.35. The highest BCUT2D eigenvalue weighted by Gasteiger charge is 2.28. The van der Waals surface area contributed by atoms with Crippen molar-refractivity contribution in [1.82, 2.24) is 16.0 Å². The number of hydrogen-bond donors (Lipinski definition) is 7. The second kappa shape index (κ2) is 15.0. The fraction of sp³-hybridized carbons (Fsp3) is 0.750.